The highest BCUT2D eigenvalue weighted by Crippen LogP contribution is 3.01. The minimum absolute atomic E-state index is 0.0422. The molecule has 2 aliphatic heterocycles. The number of carboxylic acid groups (broad SMARTS) is 1. The van der Waals surface area contributed by atoms with Crippen molar-refractivity contribution in [2.75, 3.05) is 26.4 Å². The SMILES string of the molecule is O=C(O)[C@]12[C@H]3[C@H]4[C@H]([C@@H]5[C@@H]1[C@@H]3[C@@]4(Br)C51OCCO1)C21OCCO1. The average molecular weight is 371 g/mol. The molecule has 2 heterocycles. The molecule has 8 atom stereocenters. The van der Waals surface area contributed by atoms with Crippen LogP contribution in [-0.2, 0) is 23.7 Å². The zero-order chi connectivity index (χ0) is 14.7. The molecule has 0 aromatic rings. The van der Waals surface area contributed by atoms with Gasteiger partial charge in [0.1, 0.15) is 5.41 Å². The molecule has 4 bridgehead atoms. The normalized spacial score (nSPS) is 65.5. The van der Waals surface area contributed by atoms with Gasteiger partial charge >= 0.3 is 5.97 Å². The fourth-order valence-electron chi connectivity index (χ4n) is 8.27. The molecule has 8 rings (SSSR count). The predicted octanol–water partition coefficient (Wildman–Crippen LogP) is 0.442. The van der Waals surface area contributed by atoms with Crippen LogP contribution in [0.1, 0.15) is 0 Å². The minimum atomic E-state index is -0.950. The molecule has 2 saturated heterocycles. The van der Waals surface area contributed by atoms with Crippen LogP contribution < -0.4 is 0 Å². The fourth-order valence-corrected chi connectivity index (χ4v) is 9.90. The van der Waals surface area contributed by atoms with Crippen molar-refractivity contribution in [3.8, 4) is 0 Å². The van der Waals surface area contributed by atoms with Crippen molar-refractivity contribution < 1.29 is 28.8 Å². The van der Waals surface area contributed by atoms with Crippen molar-refractivity contribution in [1.82, 2.24) is 0 Å². The number of hydrogen-bond donors (Lipinski definition) is 1. The van der Waals surface area contributed by atoms with E-state index in [1.54, 1.807) is 0 Å². The highest BCUT2D eigenvalue weighted by atomic mass is 79.9. The highest BCUT2D eigenvalue weighted by molar-refractivity contribution is 9.10. The second kappa shape index (κ2) is 2.92. The van der Waals surface area contributed by atoms with E-state index in [1.165, 1.54) is 0 Å². The highest BCUT2D eigenvalue weighted by Gasteiger charge is 3.10. The van der Waals surface area contributed by atoms with Crippen molar-refractivity contribution in [3.63, 3.8) is 0 Å². The van der Waals surface area contributed by atoms with E-state index in [0.29, 0.717) is 32.3 Å². The molecular formula is C15H15BrO6. The Morgan fingerprint density at radius 2 is 1.27 bits per heavy atom. The van der Waals surface area contributed by atoms with Crippen LogP contribution in [0.25, 0.3) is 0 Å². The lowest BCUT2D eigenvalue weighted by Gasteiger charge is -2.70. The van der Waals surface area contributed by atoms with Gasteiger partial charge in [-0.1, -0.05) is 15.9 Å². The fraction of sp³-hybridized carbons (Fsp3) is 0.933. The van der Waals surface area contributed by atoms with Crippen LogP contribution in [0.5, 0.6) is 0 Å². The summed E-state index contributed by atoms with van der Waals surface area (Å²) in [6, 6.07) is 0. The Labute approximate surface area is 134 Å². The second-order valence-electron chi connectivity index (χ2n) is 7.83. The molecule has 2 spiro atoms. The number of alkyl halides is 1. The largest absolute Gasteiger partial charge is 0.481 e. The lowest BCUT2D eigenvalue weighted by atomic mass is 9.35. The van der Waals surface area contributed by atoms with Crippen molar-refractivity contribution >= 4 is 21.9 Å². The summed E-state index contributed by atoms with van der Waals surface area (Å²) < 4.78 is 24.2. The van der Waals surface area contributed by atoms with Gasteiger partial charge in [-0.05, 0) is 23.7 Å². The molecular weight excluding hydrogens is 356 g/mol. The number of aliphatic carboxylic acids is 1. The third-order valence-electron chi connectivity index (χ3n) is 8.12. The Kier molecular flexibility index (Phi) is 1.62. The van der Waals surface area contributed by atoms with Gasteiger partial charge in [0, 0.05) is 11.8 Å². The lowest BCUT2D eigenvalue weighted by Crippen LogP contribution is -2.77. The van der Waals surface area contributed by atoms with E-state index < -0.39 is 23.0 Å². The maximum atomic E-state index is 12.4. The Balaban J connectivity index is 1.54. The van der Waals surface area contributed by atoms with Crippen LogP contribution in [-0.4, -0.2) is 53.4 Å². The zero-order valence-corrected chi connectivity index (χ0v) is 13.2. The smallest absolute Gasteiger partial charge is 0.315 e. The van der Waals surface area contributed by atoms with Crippen molar-refractivity contribution in [1.29, 1.82) is 0 Å². The number of halogens is 1. The number of rotatable bonds is 1. The van der Waals surface area contributed by atoms with Gasteiger partial charge in [-0.3, -0.25) is 4.79 Å². The summed E-state index contributed by atoms with van der Waals surface area (Å²) in [5.41, 5.74) is -0.885. The summed E-state index contributed by atoms with van der Waals surface area (Å²) in [6.45, 7) is 2.14. The maximum Gasteiger partial charge on any atom is 0.315 e. The van der Waals surface area contributed by atoms with Crippen LogP contribution in [0, 0.1) is 40.9 Å². The molecule has 6 nitrogen and oxygen atoms in total. The Morgan fingerprint density at radius 3 is 1.86 bits per heavy atom. The Hall–Kier alpha value is -0.210. The van der Waals surface area contributed by atoms with Crippen LogP contribution in [0.2, 0.25) is 0 Å². The molecule has 8 fully saturated rings. The summed E-state index contributed by atoms with van der Waals surface area (Å²) in [5.74, 6) is -1.49. The summed E-state index contributed by atoms with van der Waals surface area (Å²) in [6.07, 6.45) is 0. The van der Waals surface area contributed by atoms with E-state index in [1.807, 2.05) is 0 Å². The van der Waals surface area contributed by atoms with Gasteiger partial charge < -0.3 is 24.1 Å². The molecule has 0 radical (unpaired) electrons. The van der Waals surface area contributed by atoms with E-state index in [2.05, 4.69) is 15.9 Å². The lowest BCUT2D eigenvalue weighted by molar-refractivity contribution is -0.291. The van der Waals surface area contributed by atoms with E-state index >= 15 is 0 Å². The molecule has 6 aliphatic carbocycles. The average Bonchev–Trinajstić information content (AvgIpc) is 3.23. The Morgan fingerprint density at radius 1 is 0.818 bits per heavy atom. The molecule has 0 amide bonds. The first-order valence-corrected chi connectivity index (χ1v) is 8.86. The first-order valence-electron chi connectivity index (χ1n) is 8.07. The summed E-state index contributed by atoms with van der Waals surface area (Å²) in [7, 11) is 0. The standard InChI is InChI=1S/C15H15BrO6/c16-13-7-5-8(13)10-9(15(13)21-3-4-22-15)6(7)12(5,11(17)18)14(10)19-1-2-20-14/h5-10H,1-4H2,(H,17,18)/t5-,6+,7-,8+,9+,10-,12+,13+/m1/s1. The third-order valence-corrected chi connectivity index (χ3v) is 9.73. The van der Waals surface area contributed by atoms with Crippen LogP contribution >= 0.6 is 15.9 Å². The van der Waals surface area contributed by atoms with Gasteiger partial charge in [0.2, 0.25) is 0 Å². The van der Waals surface area contributed by atoms with E-state index in [-0.39, 0.29) is 33.9 Å². The number of carboxylic acids is 1. The number of hydrogen-bond acceptors (Lipinski definition) is 5. The molecule has 118 valence electrons. The first kappa shape index (κ1) is 12.2. The molecule has 1 N–H and O–H groups in total. The topological polar surface area (TPSA) is 74.2 Å². The number of ether oxygens (including phenoxy) is 4. The molecule has 6 saturated carbocycles. The van der Waals surface area contributed by atoms with E-state index in [9.17, 15) is 9.90 Å². The summed E-state index contributed by atoms with van der Waals surface area (Å²) >= 11 is 3.97. The molecule has 0 unspecified atom stereocenters. The van der Waals surface area contributed by atoms with E-state index in [0.717, 1.165) is 0 Å². The van der Waals surface area contributed by atoms with Crippen LogP contribution in [0.3, 0.4) is 0 Å². The second-order valence-corrected chi connectivity index (χ2v) is 9.14. The third kappa shape index (κ3) is 0.674. The van der Waals surface area contributed by atoms with Gasteiger partial charge in [-0.2, -0.15) is 0 Å². The van der Waals surface area contributed by atoms with Gasteiger partial charge in [0.15, 0.2) is 11.6 Å². The van der Waals surface area contributed by atoms with Crippen molar-refractivity contribution in [3.05, 3.63) is 0 Å². The van der Waals surface area contributed by atoms with Gasteiger partial charge in [-0.15, -0.1) is 0 Å². The van der Waals surface area contributed by atoms with Crippen LogP contribution in [0.4, 0.5) is 0 Å². The van der Waals surface area contributed by atoms with Gasteiger partial charge in [0.25, 0.3) is 0 Å². The zero-order valence-electron chi connectivity index (χ0n) is 11.7. The Bertz CT molecular complexity index is 654. The predicted molar refractivity (Wildman–Crippen MR) is 71.9 cm³/mol. The molecule has 0 aromatic carbocycles. The monoisotopic (exact) mass is 370 g/mol. The first-order chi connectivity index (χ1) is 10.6. The molecule has 8 aliphatic rings. The molecule has 22 heavy (non-hydrogen) atoms. The summed E-state index contributed by atoms with van der Waals surface area (Å²) in [5, 5.41) is 10.1. The van der Waals surface area contributed by atoms with Gasteiger partial charge in [0.05, 0.1) is 30.8 Å². The van der Waals surface area contributed by atoms with Crippen LogP contribution in [0.15, 0.2) is 0 Å². The minimum Gasteiger partial charge on any atom is -0.481 e. The number of carbonyl (C=O) groups is 1. The van der Waals surface area contributed by atoms with Gasteiger partial charge in [-0.25, -0.2) is 0 Å². The quantitative estimate of drug-likeness (QED) is 0.675. The maximum absolute atomic E-state index is 12.4. The van der Waals surface area contributed by atoms with Crippen molar-refractivity contribution in [2.45, 2.75) is 15.9 Å². The summed E-state index contributed by atoms with van der Waals surface area (Å²) in [4.78, 5) is 12.4. The molecule has 7 heteroatoms. The van der Waals surface area contributed by atoms with E-state index in [4.69, 9.17) is 18.9 Å². The molecule has 0 aromatic heterocycles. The van der Waals surface area contributed by atoms with Crippen molar-refractivity contribution in [2.24, 2.45) is 40.9 Å².